The van der Waals surface area contributed by atoms with Gasteiger partial charge in [0.2, 0.25) is 0 Å². The van der Waals surface area contributed by atoms with Gasteiger partial charge < -0.3 is 14.2 Å². The van der Waals surface area contributed by atoms with Gasteiger partial charge in [-0.2, -0.15) is 0 Å². The van der Waals surface area contributed by atoms with Crippen molar-refractivity contribution in [3.63, 3.8) is 0 Å². The van der Waals surface area contributed by atoms with E-state index in [4.69, 9.17) is 14.2 Å². The molecular formula is C60H98O6. The lowest BCUT2D eigenvalue weighted by Crippen LogP contribution is -2.30. The number of unbranched alkanes of at least 4 members (excludes halogenated alkanes) is 24. The number of rotatable bonds is 47. The van der Waals surface area contributed by atoms with E-state index in [1.807, 2.05) is 72.9 Å². The molecule has 0 aromatic heterocycles. The summed E-state index contributed by atoms with van der Waals surface area (Å²) < 4.78 is 16.8. The van der Waals surface area contributed by atoms with Crippen molar-refractivity contribution in [3.05, 3.63) is 109 Å². The molecule has 0 fully saturated rings. The molecular weight excluding hydrogens is 817 g/mol. The number of hydrogen-bond acceptors (Lipinski definition) is 6. The first-order valence-corrected chi connectivity index (χ1v) is 27.0. The van der Waals surface area contributed by atoms with Crippen LogP contribution in [0, 0.1) is 0 Å². The molecule has 1 atom stereocenters. The minimum atomic E-state index is -0.807. The Morgan fingerprint density at radius 2 is 0.606 bits per heavy atom. The van der Waals surface area contributed by atoms with Crippen molar-refractivity contribution in [3.8, 4) is 0 Å². The van der Waals surface area contributed by atoms with Crippen LogP contribution in [0.5, 0.6) is 0 Å². The third-order valence-electron chi connectivity index (χ3n) is 11.2. The van der Waals surface area contributed by atoms with Gasteiger partial charge in [0.15, 0.2) is 6.10 Å². The van der Waals surface area contributed by atoms with Gasteiger partial charge in [-0.25, -0.2) is 0 Å². The predicted molar refractivity (Wildman–Crippen MR) is 283 cm³/mol. The van der Waals surface area contributed by atoms with Crippen LogP contribution >= 0.6 is 0 Å². The van der Waals surface area contributed by atoms with Gasteiger partial charge in [-0.05, 0) is 89.9 Å². The average molecular weight is 915 g/mol. The summed E-state index contributed by atoms with van der Waals surface area (Å²) in [6.45, 7) is 6.41. The first-order valence-electron chi connectivity index (χ1n) is 27.0. The van der Waals surface area contributed by atoms with Gasteiger partial charge in [-0.1, -0.05) is 233 Å². The molecule has 0 aliphatic heterocycles. The fourth-order valence-corrected chi connectivity index (χ4v) is 7.12. The lowest BCUT2D eigenvalue weighted by molar-refractivity contribution is -0.167. The van der Waals surface area contributed by atoms with Gasteiger partial charge >= 0.3 is 17.9 Å². The summed E-state index contributed by atoms with van der Waals surface area (Å²) in [6, 6.07) is 0. The molecule has 66 heavy (non-hydrogen) atoms. The molecule has 0 spiro atoms. The highest BCUT2D eigenvalue weighted by Crippen LogP contribution is 2.14. The average Bonchev–Trinajstić information content (AvgIpc) is 3.31. The quantitative estimate of drug-likeness (QED) is 0.0199. The molecule has 0 aliphatic carbocycles. The summed E-state index contributed by atoms with van der Waals surface area (Å²) >= 11 is 0. The van der Waals surface area contributed by atoms with Crippen molar-refractivity contribution < 1.29 is 28.6 Å². The van der Waals surface area contributed by atoms with Crippen LogP contribution < -0.4 is 0 Å². The van der Waals surface area contributed by atoms with Gasteiger partial charge in [-0.3, -0.25) is 14.4 Å². The largest absolute Gasteiger partial charge is 0.462 e. The normalized spacial score (nSPS) is 13.0. The molecule has 0 N–H and O–H groups in total. The second kappa shape index (κ2) is 53.7. The molecule has 0 heterocycles. The zero-order valence-corrected chi connectivity index (χ0v) is 42.7. The highest BCUT2D eigenvalue weighted by Gasteiger charge is 2.19. The predicted octanol–water partition coefficient (Wildman–Crippen LogP) is 17.9. The van der Waals surface area contributed by atoms with Crippen LogP contribution in [0.15, 0.2) is 109 Å². The standard InChI is InChI=1S/C60H98O6/c1-4-7-10-13-16-19-22-25-28-29-30-31-33-35-38-41-44-47-50-53-59(62)65-56-57(55-64-58(61)52-49-46-43-40-37-34-27-24-21-18-15-12-9-6-3)66-60(63)54-51-48-45-42-39-36-32-26-23-20-17-14-11-8-5-2/h7,10,13,16,19-20,22-23,25,28-31,33-35,37-38,57H,4-6,8-9,11-12,14-15,17-18,21,24,26-27,32,36,39-56H2,1-3H3/b10-7-,16-13-,22-19-,23-20-,28-25-,30-29+,33-31-,37-34-,38-35-. The molecule has 1 unspecified atom stereocenters. The second-order valence-electron chi connectivity index (χ2n) is 17.6. The summed E-state index contributed by atoms with van der Waals surface area (Å²) in [5, 5.41) is 0. The molecule has 0 radical (unpaired) electrons. The Morgan fingerprint density at radius 1 is 0.318 bits per heavy atom. The van der Waals surface area contributed by atoms with E-state index in [-0.39, 0.29) is 31.1 Å². The number of esters is 3. The summed E-state index contributed by atoms with van der Waals surface area (Å²) in [5.41, 5.74) is 0. The Kier molecular flexibility index (Phi) is 50.5. The molecule has 0 amide bonds. The molecule has 0 aromatic carbocycles. The topological polar surface area (TPSA) is 78.9 Å². The summed E-state index contributed by atoms with van der Waals surface area (Å²) in [5.74, 6) is -0.971. The third-order valence-corrected chi connectivity index (χ3v) is 11.2. The Bertz CT molecular complexity index is 1370. The van der Waals surface area contributed by atoms with Crippen molar-refractivity contribution in [2.75, 3.05) is 13.2 Å². The summed E-state index contributed by atoms with van der Waals surface area (Å²) in [7, 11) is 0. The number of carbonyl (C=O) groups is 3. The maximum atomic E-state index is 12.8. The first-order chi connectivity index (χ1) is 32.5. The minimum Gasteiger partial charge on any atom is -0.462 e. The molecule has 6 nitrogen and oxygen atoms in total. The van der Waals surface area contributed by atoms with Crippen molar-refractivity contribution in [1.82, 2.24) is 0 Å². The Balaban J connectivity index is 4.53. The molecule has 0 rings (SSSR count). The van der Waals surface area contributed by atoms with Gasteiger partial charge in [0.25, 0.3) is 0 Å². The maximum Gasteiger partial charge on any atom is 0.306 e. The highest BCUT2D eigenvalue weighted by atomic mass is 16.6. The van der Waals surface area contributed by atoms with E-state index in [1.54, 1.807) is 0 Å². The fraction of sp³-hybridized carbons (Fsp3) is 0.650. The van der Waals surface area contributed by atoms with E-state index in [1.165, 1.54) is 109 Å². The van der Waals surface area contributed by atoms with Crippen molar-refractivity contribution in [2.45, 2.75) is 239 Å². The zero-order valence-electron chi connectivity index (χ0n) is 42.7. The van der Waals surface area contributed by atoms with Gasteiger partial charge in [0, 0.05) is 19.3 Å². The number of allylic oxidation sites excluding steroid dienone is 18. The first kappa shape index (κ1) is 62.1. The Morgan fingerprint density at radius 3 is 1.00 bits per heavy atom. The van der Waals surface area contributed by atoms with E-state index < -0.39 is 6.10 Å². The Labute approximate surface area is 406 Å². The maximum absolute atomic E-state index is 12.8. The monoisotopic (exact) mass is 915 g/mol. The van der Waals surface area contributed by atoms with Crippen molar-refractivity contribution in [1.29, 1.82) is 0 Å². The molecule has 0 bridgehead atoms. The molecule has 0 saturated carbocycles. The van der Waals surface area contributed by atoms with Crippen LogP contribution in [-0.2, 0) is 28.6 Å². The van der Waals surface area contributed by atoms with Crippen molar-refractivity contribution in [2.24, 2.45) is 0 Å². The fourth-order valence-electron chi connectivity index (χ4n) is 7.12. The zero-order chi connectivity index (χ0) is 47.9. The van der Waals surface area contributed by atoms with Crippen LogP contribution in [0.4, 0.5) is 0 Å². The van der Waals surface area contributed by atoms with Crippen LogP contribution in [-0.4, -0.2) is 37.2 Å². The smallest absolute Gasteiger partial charge is 0.306 e. The van der Waals surface area contributed by atoms with E-state index in [9.17, 15) is 14.4 Å². The van der Waals surface area contributed by atoms with Gasteiger partial charge in [0.05, 0.1) is 0 Å². The molecule has 0 aromatic rings. The van der Waals surface area contributed by atoms with E-state index >= 15 is 0 Å². The summed E-state index contributed by atoms with van der Waals surface area (Å²) in [4.78, 5) is 38.0. The number of ether oxygens (including phenoxy) is 3. The van der Waals surface area contributed by atoms with E-state index in [2.05, 4.69) is 57.2 Å². The van der Waals surface area contributed by atoms with E-state index in [0.717, 1.165) is 83.5 Å². The number of carbonyl (C=O) groups excluding carboxylic acids is 3. The molecule has 374 valence electrons. The van der Waals surface area contributed by atoms with Crippen LogP contribution in [0.3, 0.4) is 0 Å². The SMILES string of the molecule is CC\C=C/C=C\C=C/C=C\C=C\C=C/C=C\CCCCCC(=O)OCC(COC(=O)CCCCC/C=C\CCCCCCCCC)OC(=O)CCCCCCCCC/C=C\CCCCCC. The van der Waals surface area contributed by atoms with Crippen LogP contribution in [0.1, 0.15) is 233 Å². The second-order valence-corrected chi connectivity index (χ2v) is 17.6. The van der Waals surface area contributed by atoms with Crippen molar-refractivity contribution >= 4 is 17.9 Å². The van der Waals surface area contributed by atoms with E-state index in [0.29, 0.717) is 19.3 Å². The minimum absolute atomic E-state index is 0.104. The van der Waals surface area contributed by atoms with Gasteiger partial charge in [0.1, 0.15) is 13.2 Å². The summed E-state index contributed by atoms with van der Waals surface area (Å²) in [6.07, 6.45) is 72.1. The highest BCUT2D eigenvalue weighted by molar-refractivity contribution is 5.71. The molecule has 0 aliphatic rings. The molecule has 0 saturated heterocycles. The lowest BCUT2D eigenvalue weighted by Gasteiger charge is -2.18. The lowest BCUT2D eigenvalue weighted by atomic mass is 10.1. The Hall–Kier alpha value is -3.93. The third kappa shape index (κ3) is 51.1. The van der Waals surface area contributed by atoms with Crippen LogP contribution in [0.25, 0.3) is 0 Å². The van der Waals surface area contributed by atoms with Crippen LogP contribution in [0.2, 0.25) is 0 Å². The van der Waals surface area contributed by atoms with Gasteiger partial charge in [-0.15, -0.1) is 0 Å². The number of hydrogen-bond donors (Lipinski definition) is 0. The molecule has 6 heteroatoms.